The maximum atomic E-state index is 9.05. The molecule has 1 heterocycles. The predicted molar refractivity (Wildman–Crippen MR) is 48.5 cm³/mol. The largest absolute Gasteiger partial charge is 0.503 e. The lowest BCUT2D eigenvalue weighted by molar-refractivity contribution is 0.357. The van der Waals surface area contributed by atoms with Gasteiger partial charge in [-0.3, -0.25) is 0 Å². The molecule has 0 fully saturated rings. The van der Waals surface area contributed by atoms with Crippen LogP contribution in [0.3, 0.4) is 0 Å². The van der Waals surface area contributed by atoms with E-state index in [0.717, 1.165) is 5.69 Å². The summed E-state index contributed by atoms with van der Waals surface area (Å²) in [4.78, 5) is 3.92. The third kappa shape index (κ3) is 2.78. The monoisotopic (exact) mass is 169 g/mol. The molecule has 0 aliphatic rings. The Labute approximate surface area is 73.0 Å². The zero-order chi connectivity index (χ0) is 9.56. The SMILES string of the molecule is CC.COc1nc(C)ccc1O. The van der Waals surface area contributed by atoms with Crippen LogP contribution >= 0.6 is 0 Å². The van der Waals surface area contributed by atoms with E-state index in [4.69, 9.17) is 9.84 Å². The second-order valence-corrected chi connectivity index (χ2v) is 1.98. The van der Waals surface area contributed by atoms with Crippen molar-refractivity contribution in [3.05, 3.63) is 17.8 Å². The number of aryl methyl sites for hydroxylation is 1. The second kappa shape index (κ2) is 5.41. The summed E-state index contributed by atoms with van der Waals surface area (Å²) in [7, 11) is 1.47. The van der Waals surface area contributed by atoms with Crippen LogP contribution in [-0.4, -0.2) is 17.2 Å². The first-order chi connectivity index (χ1) is 5.74. The van der Waals surface area contributed by atoms with Crippen LogP contribution in [0.25, 0.3) is 0 Å². The summed E-state index contributed by atoms with van der Waals surface area (Å²) in [6.45, 7) is 5.84. The number of nitrogens with zero attached hydrogens (tertiary/aromatic N) is 1. The third-order valence-corrected chi connectivity index (χ3v) is 1.17. The molecule has 0 atom stereocenters. The first-order valence-corrected chi connectivity index (χ1v) is 3.94. The average Bonchev–Trinajstić information content (AvgIpc) is 2.13. The van der Waals surface area contributed by atoms with Crippen molar-refractivity contribution >= 4 is 0 Å². The Bertz CT molecular complexity index is 236. The van der Waals surface area contributed by atoms with Gasteiger partial charge in [0.1, 0.15) is 0 Å². The highest BCUT2D eigenvalue weighted by Gasteiger charge is 1.99. The minimum absolute atomic E-state index is 0.0769. The molecule has 3 nitrogen and oxygen atoms in total. The van der Waals surface area contributed by atoms with E-state index in [1.807, 2.05) is 20.8 Å². The van der Waals surface area contributed by atoms with E-state index in [0.29, 0.717) is 0 Å². The van der Waals surface area contributed by atoms with Crippen LogP contribution in [0.5, 0.6) is 11.6 Å². The molecule has 0 aliphatic heterocycles. The Morgan fingerprint density at radius 2 is 1.92 bits per heavy atom. The van der Waals surface area contributed by atoms with Crippen LogP contribution < -0.4 is 4.74 Å². The molecule has 1 aromatic rings. The highest BCUT2D eigenvalue weighted by atomic mass is 16.5. The van der Waals surface area contributed by atoms with Crippen LogP contribution in [0, 0.1) is 6.92 Å². The van der Waals surface area contributed by atoms with Crippen molar-refractivity contribution in [2.75, 3.05) is 7.11 Å². The van der Waals surface area contributed by atoms with E-state index in [-0.39, 0.29) is 11.6 Å². The molecule has 0 spiro atoms. The summed E-state index contributed by atoms with van der Waals surface area (Å²) in [6, 6.07) is 3.28. The molecule has 12 heavy (non-hydrogen) atoms. The first-order valence-electron chi connectivity index (χ1n) is 3.94. The van der Waals surface area contributed by atoms with E-state index < -0.39 is 0 Å². The fraction of sp³-hybridized carbons (Fsp3) is 0.444. The second-order valence-electron chi connectivity index (χ2n) is 1.98. The number of pyridine rings is 1. The molecular formula is C9H15NO2. The van der Waals surface area contributed by atoms with Crippen LogP contribution in [-0.2, 0) is 0 Å². The number of ether oxygens (including phenoxy) is 1. The van der Waals surface area contributed by atoms with Gasteiger partial charge in [-0.1, -0.05) is 13.8 Å². The van der Waals surface area contributed by atoms with Crippen molar-refractivity contribution in [3.63, 3.8) is 0 Å². The summed E-state index contributed by atoms with van der Waals surface area (Å²) < 4.78 is 4.76. The predicted octanol–water partition coefficient (Wildman–Crippen LogP) is 2.13. The van der Waals surface area contributed by atoms with E-state index in [1.165, 1.54) is 7.11 Å². The lowest BCUT2D eigenvalue weighted by atomic mass is 10.3. The summed E-state index contributed by atoms with van der Waals surface area (Å²) >= 11 is 0. The molecule has 0 aliphatic carbocycles. The van der Waals surface area contributed by atoms with Crippen molar-refractivity contribution in [1.82, 2.24) is 4.98 Å². The molecule has 1 aromatic heterocycles. The smallest absolute Gasteiger partial charge is 0.256 e. The molecular weight excluding hydrogens is 154 g/mol. The van der Waals surface area contributed by atoms with Gasteiger partial charge in [0, 0.05) is 5.69 Å². The molecule has 1 N–H and O–H groups in total. The number of hydrogen-bond donors (Lipinski definition) is 1. The number of aromatic nitrogens is 1. The molecule has 1 rings (SSSR count). The molecule has 0 radical (unpaired) electrons. The summed E-state index contributed by atoms with van der Waals surface area (Å²) in [6.07, 6.45) is 0. The summed E-state index contributed by atoms with van der Waals surface area (Å²) in [5.74, 6) is 0.355. The Morgan fingerprint density at radius 1 is 1.33 bits per heavy atom. The van der Waals surface area contributed by atoms with Gasteiger partial charge < -0.3 is 9.84 Å². The number of rotatable bonds is 1. The zero-order valence-electron chi connectivity index (χ0n) is 7.96. The molecule has 0 bridgehead atoms. The van der Waals surface area contributed by atoms with Crippen molar-refractivity contribution in [1.29, 1.82) is 0 Å². The molecule has 0 aromatic carbocycles. The van der Waals surface area contributed by atoms with Gasteiger partial charge in [-0.25, -0.2) is 4.98 Å². The van der Waals surface area contributed by atoms with Gasteiger partial charge in [-0.15, -0.1) is 0 Å². The van der Waals surface area contributed by atoms with E-state index in [1.54, 1.807) is 12.1 Å². The Kier molecular flexibility index (Phi) is 4.84. The molecule has 0 saturated heterocycles. The van der Waals surface area contributed by atoms with Gasteiger partial charge in [0.15, 0.2) is 5.75 Å². The zero-order valence-corrected chi connectivity index (χ0v) is 7.96. The Balaban J connectivity index is 0.000000561. The molecule has 0 saturated carbocycles. The van der Waals surface area contributed by atoms with Crippen molar-refractivity contribution < 1.29 is 9.84 Å². The lowest BCUT2D eigenvalue weighted by Gasteiger charge is -2.00. The third-order valence-electron chi connectivity index (χ3n) is 1.17. The minimum atomic E-state index is 0.0769. The molecule has 3 heteroatoms. The normalized spacial score (nSPS) is 8.33. The maximum absolute atomic E-state index is 9.05. The number of aromatic hydroxyl groups is 1. The summed E-state index contributed by atoms with van der Waals surface area (Å²) in [5.41, 5.74) is 0.828. The minimum Gasteiger partial charge on any atom is -0.503 e. The van der Waals surface area contributed by atoms with Crippen LogP contribution in [0.2, 0.25) is 0 Å². The topological polar surface area (TPSA) is 42.4 Å². The highest BCUT2D eigenvalue weighted by molar-refractivity contribution is 5.32. The fourth-order valence-corrected chi connectivity index (χ4v) is 0.676. The molecule has 0 amide bonds. The first kappa shape index (κ1) is 10.8. The van der Waals surface area contributed by atoms with Crippen molar-refractivity contribution in [2.45, 2.75) is 20.8 Å². The van der Waals surface area contributed by atoms with Gasteiger partial charge in [-0.2, -0.15) is 0 Å². The Hall–Kier alpha value is -1.25. The molecule has 68 valence electrons. The number of hydrogen-bond acceptors (Lipinski definition) is 3. The van der Waals surface area contributed by atoms with Crippen LogP contribution in [0.15, 0.2) is 12.1 Å². The van der Waals surface area contributed by atoms with Crippen molar-refractivity contribution in [2.24, 2.45) is 0 Å². The Morgan fingerprint density at radius 3 is 2.33 bits per heavy atom. The quantitative estimate of drug-likeness (QED) is 0.700. The van der Waals surface area contributed by atoms with Gasteiger partial charge in [-0.05, 0) is 19.1 Å². The van der Waals surface area contributed by atoms with Gasteiger partial charge in [0.25, 0.3) is 5.88 Å². The number of methoxy groups -OCH3 is 1. The summed E-state index contributed by atoms with van der Waals surface area (Å²) in [5, 5.41) is 9.05. The van der Waals surface area contributed by atoms with E-state index >= 15 is 0 Å². The van der Waals surface area contributed by atoms with E-state index in [9.17, 15) is 0 Å². The molecule has 0 unspecified atom stereocenters. The van der Waals surface area contributed by atoms with E-state index in [2.05, 4.69) is 4.98 Å². The maximum Gasteiger partial charge on any atom is 0.256 e. The van der Waals surface area contributed by atoms with Gasteiger partial charge in [0.2, 0.25) is 0 Å². The van der Waals surface area contributed by atoms with Gasteiger partial charge >= 0.3 is 0 Å². The highest BCUT2D eigenvalue weighted by Crippen LogP contribution is 2.21. The fourth-order valence-electron chi connectivity index (χ4n) is 0.676. The van der Waals surface area contributed by atoms with Gasteiger partial charge in [0.05, 0.1) is 7.11 Å². The van der Waals surface area contributed by atoms with Crippen LogP contribution in [0.4, 0.5) is 0 Å². The lowest BCUT2D eigenvalue weighted by Crippen LogP contribution is -1.89. The van der Waals surface area contributed by atoms with Crippen LogP contribution in [0.1, 0.15) is 19.5 Å². The standard InChI is InChI=1S/C7H9NO2.C2H6/c1-5-3-4-6(9)7(8-5)10-2;1-2/h3-4,9H,1-2H3;1-2H3. The average molecular weight is 169 g/mol. The van der Waals surface area contributed by atoms with Crippen molar-refractivity contribution in [3.8, 4) is 11.6 Å².